The molecule has 7 heteroatoms. The molecule has 2 aliphatic carbocycles. The van der Waals surface area contributed by atoms with Gasteiger partial charge in [0.2, 0.25) is 5.91 Å². The number of guanidine groups is 1. The second kappa shape index (κ2) is 8.57. The maximum atomic E-state index is 11.1. The number of nitrogens with zero attached hydrogens (tertiary/aromatic N) is 2. The van der Waals surface area contributed by atoms with E-state index in [0.717, 1.165) is 51.5 Å². The molecule has 1 amide bonds. The van der Waals surface area contributed by atoms with Crippen molar-refractivity contribution in [2.75, 3.05) is 32.8 Å². The van der Waals surface area contributed by atoms with Gasteiger partial charge in [-0.25, -0.2) is 0 Å². The summed E-state index contributed by atoms with van der Waals surface area (Å²) < 4.78 is 5.96. The number of ether oxygens (including phenoxy) is 1. The molecule has 0 aromatic heterocycles. The van der Waals surface area contributed by atoms with Gasteiger partial charge >= 0.3 is 0 Å². The molecule has 7 nitrogen and oxygen atoms in total. The zero-order valence-electron chi connectivity index (χ0n) is 16.3. The van der Waals surface area contributed by atoms with Crippen LogP contribution in [0, 0.1) is 5.41 Å². The lowest BCUT2D eigenvalue weighted by molar-refractivity contribution is -0.168. The summed E-state index contributed by atoms with van der Waals surface area (Å²) in [5, 5.41) is 7.32. The second-order valence-corrected chi connectivity index (χ2v) is 7.95. The zero-order chi connectivity index (χ0) is 18.6. The number of rotatable bonds is 7. The molecule has 4 N–H and O–H groups in total. The van der Waals surface area contributed by atoms with Crippen LogP contribution in [0.15, 0.2) is 4.99 Å². The summed E-state index contributed by atoms with van der Waals surface area (Å²) in [5.74, 6) is 0.693. The third-order valence-corrected chi connectivity index (χ3v) is 6.37. The average molecular weight is 366 g/mol. The van der Waals surface area contributed by atoms with Gasteiger partial charge in [-0.1, -0.05) is 6.42 Å². The first kappa shape index (κ1) is 19.4. The predicted octanol–water partition coefficient (Wildman–Crippen LogP) is 0.839. The molecule has 3 rings (SSSR count). The van der Waals surface area contributed by atoms with Crippen LogP contribution in [0.5, 0.6) is 0 Å². The number of hydrogen-bond donors (Lipinski definition) is 3. The standard InChI is InChI=1S/C19H35N5O2/c1-3-21-18(22-14-6-10-24(11-7-14)13-17(20)25)23-15-12-16(26-4-2)19(15)8-5-9-19/h14-16H,3-13H2,1-2H3,(H2,20,25)(H2,21,22,23). The first-order chi connectivity index (χ1) is 12.6. The Bertz CT molecular complexity index is 512. The fourth-order valence-corrected chi connectivity index (χ4v) is 4.75. The van der Waals surface area contributed by atoms with E-state index in [0.29, 0.717) is 30.1 Å². The van der Waals surface area contributed by atoms with Crippen molar-refractivity contribution in [3.63, 3.8) is 0 Å². The van der Waals surface area contributed by atoms with Crippen molar-refractivity contribution in [1.29, 1.82) is 0 Å². The van der Waals surface area contributed by atoms with E-state index in [1.54, 1.807) is 0 Å². The number of likely N-dealkylation sites (tertiary alicyclic amines) is 1. The predicted molar refractivity (Wildman–Crippen MR) is 103 cm³/mol. The van der Waals surface area contributed by atoms with E-state index in [2.05, 4.69) is 34.4 Å². The SMILES string of the molecule is CCN=C(NC1CCN(CC(N)=O)CC1)NC1CC(OCC)C12CCC2. The minimum atomic E-state index is -0.244. The molecular weight excluding hydrogens is 330 g/mol. The highest BCUT2D eigenvalue weighted by atomic mass is 16.5. The molecule has 148 valence electrons. The fraction of sp³-hybridized carbons (Fsp3) is 0.895. The van der Waals surface area contributed by atoms with Crippen LogP contribution >= 0.6 is 0 Å². The van der Waals surface area contributed by atoms with E-state index >= 15 is 0 Å². The normalized spacial score (nSPS) is 29.1. The van der Waals surface area contributed by atoms with Gasteiger partial charge in [-0.2, -0.15) is 0 Å². The molecule has 1 spiro atoms. The van der Waals surface area contributed by atoms with Gasteiger partial charge in [0.25, 0.3) is 0 Å². The zero-order valence-corrected chi connectivity index (χ0v) is 16.3. The lowest BCUT2D eigenvalue weighted by Crippen LogP contribution is -2.69. The third kappa shape index (κ3) is 4.14. The summed E-state index contributed by atoms with van der Waals surface area (Å²) in [7, 11) is 0. The number of nitrogens with two attached hydrogens (primary N) is 1. The number of carbonyl (C=O) groups is 1. The molecule has 0 aromatic rings. The molecule has 1 aliphatic heterocycles. The van der Waals surface area contributed by atoms with Gasteiger partial charge in [-0.05, 0) is 46.0 Å². The van der Waals surface area contributed by atoms with Gasteiger partial charge in [0.1, 0.15) is 0 Å². The molecule has 0 aromatic carbocycles. The van der Waals surface area contributed by atoms with E-state index in [-0.39, 0.29) is 5.91 Å². The molecule has 1 saturated heterocycles. The van der Waals surface area contributed by atoms with Crippen LogP contribution in [0.1, 0.15) is 52.4 Å². The summed E-state index contributed by atoms with van der Waals surface area (Å²) >= 11 is 0. The summed E-state index contributed by atoms with van der Waals surface area (Å²) in [5.41, 5.74) is 5.63. The summed E-state index contributed by atoms with van der Waals surface area (Å²) in [6.45, 7) is 7.90. The van der Waals surface area contributed by atoms with Gasteiger partial charge in [-0.15, -0.1) is 0 Å². The van der Waals surface area contributed by atoms with E-state index < -0.39 is 0 Å². The fourth-order valence-electron chi connectivity index (χ4n) is 4.75. The van der Waals surface area contributed by atoms with Crippen molar-refractivity contribution in [3.8, 4) is 0 Å². The number of aliphatic imine (C=N–C) groups is 1. The molecule has 3 fully saturated rings. The van der Waals surface area contributed by atoms with Crippen LogP contribution < -0.4 is 16.4 Å². The van der Waals surface area contributed by atoms with Crippen molar-refractivity contribution in [2.45, 2.75) is 70.6 Å². The number of carbonyl (C=O) groups excluding carboxylic acids is 1. The highest BCUT2D eigenvalue weighted by Crippen LogP contribution is 2.57. The summed E-state index contributed by atoms with van der Waals surface area (Å²) in [6.07, 6.45) is 7.35. The molecule has 2 atom stereocenters. The maximum Gasteiger partial charge on any atom is 0.231 e. The van der Waals surface area contributed by atoms with E-state index in [9.17, 15) is 4.79 Å². The lowest BCUT2D eigenvalue weighted by atomic mass is 9.51. The first-order valence-electron chi connectivity index (χ1n) is 10.3. The molecule has 0 bridgehead atoms. The molecule has 2 unspecified atom stereocenters. The third-order valence-electron chi connectivity index (χ3n) is 6.37. The Hall–Kier alpha value is -1.34. The Morgan fingerprint density at radius 1 is 1.27 bits per heavy atom. The van der Waals surface area contributed by atoms with Gasteiger partial charge in [0.05, 0.1) is 12.6 Å². The van der Waals surface area contributed by atoms with E-state index in [1.807, 2.05) is 0 Å². The van der Waals surface area contributed by atoms with Gasteiger partial charge < -0.3 is 21.1 Å². The van der Waals surface area contributed by atoms with Crippen molar-refractivity contribution in [3.05, 3.63) is 0 Å². The second-order valence-electron chi connectivity index (χ2n) is 7.95. The molecular formula is C19H35N5O2. The number of amides is 1. The number of piperidine rings is 1. The number of primary amides is 1. The average Bonchev–Trinajstić information content (AvgIpc) is 2.53. The summed E-state index contributed by atoms with van der Waals surface area (Å²) in [4.78, 5) is 17.9. The van der Waals surface area contributed by atoms with Crippen LogP contribution in [0.3, 0.4) is 0 Å². The maximum absolute atomic E-state index is 11.1. The Kier molecular flexibility index (Phi) is 6.40. The smallest absolute Gasteiger partial charge is 0.231 e. The van der Waals surface area contributed by atoms with E-state index in [1.165, 1.54) is 19.3 Å². The van der Waals surface area contributed by atoms with Crippen molar-refractivity contribution < 1.29 is 9.53 Å². The molecule has 1 heterocycles. The van der Waals surface area contributed by atoms with Crippen LogP contribution in [0.2, 0.25) is 0 Å². The lowest BCUT2D eigenvalue weighted by Gasteiger charge is -2.61. The van der Waals surface area contributed by atoms with Crippen LogP contribution in [-0.2, 0) is 9.53 Å². The van der Waals surface area contributed by atoms with Crippen molar-refractivity contribution >= 4 is 11.9 Å². The quantitative estimate of drug-likeness (QED) is 0.459. The van der Waals surface area contributed by atoms with Crippen LogP contribution in [0.25, 0.3) is 0 Å². The number of nitrogens with one attached hydrogen (secondary N) is 2. The largest absolute Gasteiger partial charge is 0.378 e. The number of hydrogen-bond acceptors (Lipinski definition) is 4. The topological polar surface area (TPSA) is 92.0 Å². The van der Waals surface area contributed by atoms with Gasteiger partial charge in [0.15, 0.2) is 5.96 Å². The molecule has 0 radical (unpaired) electrons. The van der Waals surface area contributed by atoms with Crippen molar-refractivity contribution in [1.82, 2.24) is 15.5 Å². The van der Waals surface area contributed by atoms with Crippen LogP contribution in [0.4, 0.5) is 0 Å². The Labute approximate surface area is 157 Å². The monoisotopic (exact) mass is 365 g/mol. The molecule has 3 aliphatic rings. The van der Waals surface area contributed by atoms with E-state index in [4.69, 9.17) is 10.5 Å². The highest BCUT2D eigenvalue weighted by molar-refractivity contribution is 5.80. The molecule has 2 saturated carbocycles. The Morgan fingerprint density at radius 2 is 2.00 bits per heavy atom. The molecule has 26 heavy (non-hydrogen) atoms. The summed E-state index contributed by atoms with van der Waals surface area (Å²) in [6, 6.07) is 0.873. The Morgan fingerprint density at radius 3 is 2.54 bits per heavy atom. The minimum absolute atomic E-state index is 0.244. The van der Waals surface area contributed by atoms with Crippen molar-refractivity contribution in [2.24, 2.45) is 16.1 Å². The highest BCUT2D eigenvalue weighted by Gasteiger charge is 2.59. The van der Waals surface area contributed by atoms with Crippen LogP contribution in [-0.4, -0.2) is 67.7 Å². The minimum Gasteiger partial charge on any atom is -0.378 e. The van der Waals surface area contributed by atoms with Gasteiger partial charge in [-0.3, -0.25) is 14.7 Å². The first-order valence-corrected chi connectivity index (χ1v) is 10.3. The van der Waals surface area contributed by atoms with Gasteiger partial charge in [0, 0.05) is 43.7 Å². The Balaban J connectivity index is 1.50.